The van der Waals surface area contributed by atoms with Crippen LogP contribution in [0.15, 0.2) is 18.2 Å². The molecule has 0 radical (unpaired) electrons. The van der Waals surface area contributed by atoms with Gasteiger partial charge in [0.05, 0.1) is 6.07 Å². The molecular weight excluding hydrogens is 198 g/mol. The number of nitriles is 1. The molecule has 0 aliphatic carbocycles. The van der Waals surface area contributed by atoms with E-state index in [1.165, 1.54) is 0 Å². The summed E-state index contributed by atoms with van der Waals surface area (Å²) in [5.41, 5.74) is 2.84. The second kappa shape index (κ2) is 5.46. The summed E-state index contributed by atoms with van der Waals surface area (Å²) in [6.45, 7) is 5.86. The predicted octanol–water partition coefficient (Wildman–Crippen LogP) is 3.43. The topological polar surface area (TPSA) is 40.9 Å². The molecule has 0 aliphatic rings. The van der Waals surface area contributed by atoms with Gasteiger partial charge in [-0.1, -0.05) is 24.6 Å². The number of aryl methyl sites for hydroxylation is 2. The molecule has 1 rings (SSSR count). The number of carbonyl (C=O) groups excluding carboxylic acids is 1. The Balaban J connectivity index is 3.03. The Bertz CT molecular complexity index is 429. The predicted molar refractivity (Wildman–Crippen MR) is 64.3 cm³/mol. The molecule has 1 aromatic carbocycles. The Morgan fingerprint density at radius 2 is 2.12 bits per heavy atom. The molecular formula is C14H17NO. The van der Waals surface area contributed by atoms with E-state index in [1.807, 2.05) is 39.0 Å². The summed E-state index contributed by atoms with van der Waals surface area (Å²) < 4.78 is 0. The van der Waals surface area contributed by atoms with Gasteiger partial charge in [0.25, 0.3) is 0 Å². The Morgan fingerprint density at radius 1 is 1.44 bits per heavy atom. The number of rotatable bonds is 4. The minimum atomic E-state index is -0.162. The first kappa shape index (κ1) is 12.4. The Hall–Kier alpha value is -1.62. The van der Waals surface area contributed by atoms with Crippen molar-refractivity contribution in [2.24, 2.45) is 5.92 Å². The number of benzene rings is 1. The maximum Gasteiger partial charge on any atom is 0.167 e. The highest BCUT2D eigenvalue weighted by atomic mass is 16.1. The lowest BCUT2D eigenvalue weighted by Crippen LogP contribution is -2.14. The number of carbonyl (C=O) groups is 1. The van der Waals surface area contributed by atoms with Gasteiger partial charge in [-0.05, 0) is 31.9 Å². The first-order valence-electron chi connectivity index (χ1n) is 5.58. The largest absolute Gasteiger partial charge is 0.294 e. The fourth-order valence-electron chi connectivity index (χ4n) is 1.75. The van der Waals surface area contributed by atoms with Gasteiger partial charge in [-0.25, -0.2) is 0 Å². The van der Waals surface area contributed by atoms with E-state index in [-0.39, 0.29) is 11.7 Å². The quantitative estimate of drug-likeness (QED) is 0.722. The molecule has 0 aromatic heterocycles. The smallest absolute Gasteiger partial charge is 0.167 e. The molecule has 1 unspecified atom stereocenters. The zero-order chi connectivity index (χ0) is 12.1. The van der Waals surface area contributed by atoms with Gasteiger partial charge in [0, 0.05) is 17.9 Å². The van der Waals surface area contributed by atoms with E-state index < -0.39 is 0 Å². The maximum atomic E-state index is 12.2. The van der Waals surface area contributed by atoms with Gasteiger partial charge in [-0.15, -0.1) is 0 Å². The molecule has 84 valence electrons. The van der Waals surface area contributed by atoms with Crippen LogP contribution in [-0.4, -0.2) is 5.78 Å². The number of hydrogen-bond donors (Lipinski definition) is 0. The molecule has 0 spiro atoms. The van der Waals surface area contributed by atoms with E-state index in [0.29, 0.717) is 6.42 Å². The van der Waals surface area contributed by atoms with Gasteiger partial charge >= 0.3 is 0 Å². The summed E-state index contributed by atoms with van der Waals surface area (Å²) >= 11 is 0. The van der Waals surface area contributed by atoms with E-state index in [0.717, 1.165) is 23.1 Å². The van der Waals surface area contributed by atoms with Gasteiger partial charge in [0.15, 0.2) is 5.78 Å². The molecule has 2 heteroatoms. The fraction of sp³-hybridized carbons (Fsp3) is 0.429. The van der Waals surface area contributed by atoms with Crippen molar-refractivity contribution in [3.8, 4) is 6.07 Å². The van der Waals surface area contributed by atoms with Crippen molar-refractivity contribution in [2.45, 2.75) is 33.6 Å². The highest BCUT2D eigenvalue weighted by Gasteiger charge is 2.19. The zero-order valence-electron chi connectivity index (χ0n) is 10.1. The molecule has 0 saturated heterocycles. The van der Waals surface area contributed by atoms with Crippen LogP contribution in [0.2, 0.25) is 0 Å². The highest BCUT2D eigenvalue weighted by molar-refractivity contribution is 5.99. The first-order chi connectivity index (χ1) is 7.60. The van der Waals surface area contributed by atoms with Crippen LogP contribution in [0.25, 0.3) is 0 Å². The first-order valence-corrected chi connectivity index (χ1v) is 5.58. The van der Waals surface area contributed by atoms with Gasteiger partial charge in [-0.3, -0.25) is 4.79 Å². The van der Waals surface area contributed by atoms with Gasteiger partial charge in [0.2, 0.25) is 0 Å². The van der Waals surface area contributed by atoms with Gasteiger partial charge in [0.1, 0.15) is 0 Å². The molecule has 16 heavy (non-hydrogen) atoms. The van der Waals surface area contributed by atoms with Crippen LogP contribution in [0.3, 0.4) is 0 Å². The molecule has 0 fully saturated rings. The van der Waals surface area contributed by atoms with Crippen molar-refractivity contribution in [3.05, 3.63) is 34.9 Å². The molecule has 0 N–H and O–H groups in total. The second-order valence-electron chi connectivity index (χ2n) is 4.15. The summed E-state index contributed by atoms with van der Waals surface area (Å²) in [7, 11) is 0. The summed E-state index contributed by atoms with van der Waals surface area (Å²) in [4.78, 5) is 12.2. The van der Waals surface area contributed by atoms with Crippen LogP contribution >= 0.6 is 0 Å². The summed E-state index contributed by atoms with van der Waals surface area (Å²) in [5.74, 6) is -0.0595. The minimum Gasteiger partial charge on any atom is -0.294 e. The van der Waals surface area contributed by atoms with Crippen LogP contribution in [0.4, 0.5) is 0 Å². The Morgan fingerprint density at radius 3 is 2.69 bits per heavy atom. The Labute approximate surface area is 96.9 Å². The normalized spacial score (nSPS) is 11.9. The van der Waals surface area contributed by atoms with Crippen LogP contribution in [0, 0.1) is 31.1 Å². The SMILES string of the molecule is CCC(CC#N)C(=O)c1cc(C)ccc1C. The van der Waals surface area contributed by atoms with Crippen molar-refractivity contribution in [1.82, 2.24) is 0 Å². The van der Waals surface area contributed by atoms with Crippen LogP contribution < -0.4 is 0 Å². The van der Waals surface area contributed by atoms with E-state index >= 15 is 0 Å². The monoisotopic (exact) mass is 215 g/mol. The molecule has 0 heterocycles. The highest BCUT2D eigenvalue weighted by Crippen LogP contribution is 2.19. The zero-order valence-corrected chi connectivity index (χ0v) is 10.1. The van der Waals surface area contributed by atoms with E-state index in [1.54, 1.807) is 0 Å². The molecule has 1 atom stereocenters. The maximum absolute atomic E-state index is 12.2. The van der Waals surface area contributed by atoms with Gasteiger partial charge < -0.3 is 0 Å². The summed E-state index contributed by atoms with van der Waals surface area (Å²) in [6, 6.07) is 7.95. The van der Waals surface area contributed by atoms with Crippen molar-refractivity contribution in [2.75, 3.05) is 0 Å². The molecule has 0 aliphatic heterocycles. The third-order valence-electron chi connectivity index (χ3n) is 2.86. The van der Waals surface area contributed by atoms with Crippen LogP contribution in [0.1, 0.15) is 41.3 Å². The lowest BCUT2D eigenvalue weighted by atomic mass is 9.90. The van der Waals surface area contributed by atoms with Crippen molar-refractivity contribution in [1.29, 1.82) is 5.26 Å². The molecule has 2 nitrogen and oxygen atoms in total. The van der Waals surface area contributed by atoms with Crippen molar-refractivity contribution < 1.29 is 4.79 Å². The second-order valence-corrected chi connectivity index (χ2v) is 4.15. The summed E-state index contributed by atoms with van der Waals surface area (Å²) in [5, 5.41) is 8.69. The van der Waals surface area contributed by atoms with E-state index in [4.69, 9.17) is 5.26 Å². The van der Waals surface area contributed by atoms with Gasteiger partial charge in [-0.2, -0.15) is 5.26 Å². The molecule has 0 bridgehead atoms. The average Bonchev–Trinajstić information content (AvgIpc) is 2.28. The Kier molecular flexibility index (Phi) is 4.25. The van der Waals surface area contributed by atoms with E-state index in [9.17, 15) is 4.79 Å². The lowest BCUT2D eigenvalue weighted by molar-refractivity contribution is 0.0918. The third-order valence-corrected chi connectivity index (χ3v) is 2.86. The van der Waals surface area contributed by atoms with Crippen molar-refractivity contribution >= 4 is 5.78 Å². The standard InChI is InChI=1S/C14H17NO/c1-4-12(7-8-15)14(16)13-9-10(2)5-6-11(13)3/h5-6,9,12H,4,7H2,1-3H3. The molecule has 0 saturated carbocycles. The van der Waals surface area contributed by atoms with Crippen LogP contribution in [-0.2, 0) is 0 Å². The minimum absolute atomic E-state index is 0.102. The number of Topliss-reactive ketones (excluding diaryl/α,β-unsaturated/α-hetero) is 1. The van der Waals surface area contributed by atoms with Crippen molar-refractivity contribution in [3.63, 3.8) is 0 Å². The fourth-order valence-corrected chi connectivity index (χ4v) is 1.75. The third kappa shape index (κ3) is 2.70. The van der Waals surface area contributed by atoms with Crippen LogP contribution in [0.5, 0.6) is 0 Å². The molecule has 1 aromatic rings. The average molecular weight is 215 g/mol. The number of hydrogen-bond acceptors (Lipinski definition) is 2. The number of nitrogens with zero attached hydrogens (tertiary/aromatic N) is 1. The van der Waals surface area contributed by atoms with E-state index in [2.05, 4.69) is 6.07 Å². The molecule has 0 amide bonds. The number of ketones is 1. The summed E-state index contributed by atoms with van der Waals surface area (Å²) in [6.07, 6.45) is 1.03. The lowest BCUT2D eigenvalue weighted by Gasteiger charge is -2.12.